The molecule has 1 amide bonds. The molecule has 1 aromatic rings. The molecule has 90 valence electrons. The molecule has 0 spiro atoms. The molecule has 0 aromatic heterocycles. The minimum absolute atomic E-state index is 0.00977. The Morgan fingerprint density at radius 2 is 2.00 bits per heavy atom. The van der Waals surface area contributed by atoms with Crippen molar-refractivity contribution >= 4 is 23.6 Å². The number of amides is 1. The summed E-state index contributed by atoms with van der Waals surface area (Å²) < 4.78 is 0. The van der Waals surface area contributed by atoms with E-state index in [-0.39, 0.29) is 17.6 Å². The lowest BCUT2D eigenvalue weighted by atomic mass is 10.1. The van der Waals surface area contributed by atoms with Gasteiger partial charge in [-0.05, 0) is 12.1 Å². The molecule has 0 unspecified atom stereocenters. The van der Waals surface area contributed by atoms with Crippen LogP contribution in [0.15, 0.2) is 24.3 Å². The van der Waals surface area contributed by atoms with Crippen LogP contribution in [-0.4, -0.2) is 25.0 Å². The van der Waals surface area contributed by atoms with Gasteiger partial charge in [-0.25, -0.2) is 0 Å². The van der Waals surface area contributed by atoms with Crippen molar-refractivity contribution in [2.75, 3.05) is 11.9 Å². The van der Waals surface area contributed by atoms with Gasteiger partial charge >= 0.3 is 0 Å². The summed E-state index contributed by atoms with van der Waals surface area (Å²) in [5.41, 5.74) is 1.08. The summed E-state index contributed by atoms with van der Waals surface area (Å²) in [6, 6.07) is 6.72. The van der Waals surface area contributed by atoms with E-state index >= 15 is 0 Å². The minimum atomic E-state index is -0.364. The number of rotatable bonds is 4. The number of hydrogen-bond donors (Lipinski definition) is 1. The Morgan fingerprint density at radius 3 is 2.53 bits per heavy atom. The molecular weight excluding hydrogens is 216 g/mol. The van der Waals surface area contributed by atoms with Crippen molar-refractivity contribution in [2.24, 2.45) is 5.92 Å². The van der Waals surface area contributed by atoms with Gasteiger partial charge in [0, 0.05) is 24.2 Å². The van der Waals surface area contributed by atoms with E-state index in [9.17, 15) is 9.59 Å². The lowest BCUT2D eigenvalue weighted by molar-refractivity contribution is -0.121. The third-order valence-electron chi connectivity index (χ3n) is 2.47. The number of ketones is 1. The van der Waals surface area contributed by atoms with Crippen molar-refractivity contribution in [3.8, 4) is 0 Å². The van der Waals surface area contributed by atoms with Crippen LogP contribution in [-0.2, 0) is 4.79 Å². The fourth-order valence-corrected chi connectivity index (χ4v) is 1.47. The summed E-state index contributed by atoms with van der Waals surface area (Å²) in [6.45, 7) is 3.65. The highest BCUT2D eigenvalue weighted by atomic mass is 16.2. The van der Waals surface area contributed by atoms with Crippen molar-refractivity contribution in [3.05, 3.63) is 29.8 Å². The predicted molar refractivity (Wildman–Crippen MR) is 67.8 cm³/mol. The van der Waals surface area contributed by atoms with Crippen molar-refractivity contribution in [1.82, 2.24) is 0 Å². The molecule has 0 saturated carbocycles. The van der Waals surface area contributed by atoms with Gasteiger partial charge in [-0.15, -0.1) is 0 Å². The Balaban J connectivity index is 3.03. The molecule has 0 aliphatic rings. The third-order valence-corrected chi connectivity index (χ3v) is 2.47. The molecule has 4 nitrogen and oxygen atoms in total. The highest BCUT2D eigenvalue weighted by Crippen LogP contribution is 2.17. The second kappa shape index (κ2) is 5.39. The molecule has 0 heterocycles. The zero-order valence-corrected chi connectivity index (χ0v) is 10.2. The van der Waals surface area contributed by atoms with E-state index in [1.807, 2.05) is 13.8 Å². The molecule has 4 heteroatoms. The molecule has 1 rings (SSSR count). The number of carbonyl (C=O) groups excluding carboxylic acids is 2. The maximum atomic E-state index is 11.8. The lowest BCUT2D eigenvalue weighted by Gasteiger charge is -2.19. The van der Waals surface area contributed by atoms with Crippen LogP contribution in [0.5, 0.6) is 0 Å². The molecule has 1 aromatic carbocycles. The number of hydrogen-bond acceptors (Lipinski definition) is 3. The summed E-state index contributed by atoms with van der Waals surface area (Å²) in [5.74, 6) is -0.469. The van der Waals surface area contributed by atoms with Gasteiger partial charge < -0.3 is 10.3 Å². The van der Waals surface area contributed by atoms with Gasteiger partial charge in [0.1, 0.15) is 0 Å². The summed E-state index contributed by atoms with van der Waals surface area (Å²) >= 11 is 0. The molecular formula is C13H16N2O2. The first kappa shape index (κ1) is 13.1. The first-order chi connectivity index (χ1) is 7.97. The van der Waals surface area contributed by atoms with E-state index in [2.05, 4.69) is 0 Å². The highest BCUT2D eigenvalue weighted by molar-refractivity contribution is 6.34. The standard InChI is InChI=1S/C13H16N2O2/c1-9(2)13(17)15(3)11-6-4-5-10(7-11)12(16)8-14/h4-9,14H,1-3H3. The monoisotopic (exact) mass is 232 g/mol. The SMILES string of the molecule is CC(C)C(=O)N(C)c1cccc(C(=O)C=N)c1. The Bertz CT molecular complexity index is 452. The zero-order chi connectivity index (χ0) is 13.0. The largest absolute Gasteiger partial charge is 0.315 e. The zero-order valence-electron chi connectivity index (χ0n) is 10.2. The average molecular weight is 232 g/mol. The van der Waals surface area contributed by atoms with Crippen LogP contribution in [0.25, 0.3) is 0 Å². The van der Waals surface area contributed by atoms with Gasteiger partial charge in [0.25, 0.3) is 0 Å². The topological polar surface area (TPSA) is 61.2 Å². The van der Waals surface area contributed by atoms with Crippen LogP contribution >= 0.6 is 0 Å². The van der Waals surface area contributed by atoms with Crippen molar-refractivity contribution < 1.29 is 9.59 Å². The molecule has 17 heavy (non-hydrogen) atoms. The predicted octanol–water partition coefficient (Wildman–Crippen LogP) is 2.14. The molecule has 0 radical (unpaired) electrons. The number of Topliss-reactive ketones (excluding diaryl/α,β-unsaturated/α-hetero) is 1. The fraction of sp³-hybridized carbons (Fsp3) is 0.308. The number of carbonyl (C=O) groups is 2. The second-order valence-corrected chi connectivity index (χ2v) is 4.11. The lowest BCUT2D eigenvalue weighted by Crippen LogP contribution is -2.30. The molecule has 0 aliphatic heterocycles. The van der Waals surface area contributed by atoms with Gasteiger partial charge in [-0.2, -0.15) is 0 Å². The Kier molecular flexibility index (Phi) is 4.15. The maximum absolute atomic E-state index is 11.8. The van der Waals surface area contributed by atoms with Gasteiger partial charge in [0.05, 0.1) is 6.21 Å². The van der Waals surface area contributed by atoms with Crippen LogP contribution in [0.2, 0.25) is 0 Å². The Labute approximate surface area is 101 Å². The molecule has 0 bridgehead atoms. The third kappa shape index (κ3) is 3.00. The van der Waals surface area contributed by atoms with E-state index < -0.39 is 0 Å². The van der Waals surface area contributed by atoms with Crippen molar-refractivity contribution in [2.45, 2.75) is 13.8 Å². The molecule has 0 aliphatic carbocycles. The van der Waals surface area contributed by atoms with Gasteiger partial charge in [-0.3, -0.25) is 9.59 Å². The molecule has 0 atom stereocenters. The Hall–Kier alpha value is -1.97. The van der Waals surface area contributed by atoms with E-state index in [4.69, 9.17) is 5.41 Å². The molecule has 1 N–H and O–H groups in total. The minimum Gasteiger partial charge on any atom is -0.315 e. The first-order valence-electron chi connectivity index (χ1n) is 5.39. The van der Waals surface area contributed by atoms with Crippen molar-refractivity contribution in [1.29, 1.82) is 5.41 Å². The van der Waals surface area contributed by atoms with Crippen LogP contribution in [0.3, 0.4) is 0 Å². The Morgan fingerprint density at radius 1 is 1.35 bits per heavy atom. The van der Waals surface area contributed by atoms with Crippen LogP contribution in [0.4, 0.5) is 5.69 Å². The maximum Gasteiger partial charge on any atom is 0.229 e. The van der Waals surface area contributed by atoms with E-state index in [0.717, 1.165) is 6.21 Å². The number of anilines is 1. The van der Waals surface area contributed by atoms with Crippen LogP contribution in [0.1, 0.15) is 24.2 Å². The van der Waals surface area contributed by atoms with Crippen molar-refractivity contribution in [3.63, 3.8) is 0 Å². The van der Waals surface area contributed by atoms with Crippen LogP contribution in [0, 0.1) is 11.3 Å². The summed E-state index contributed by atoms with van der Waals surface area (Å²) in [7, 11) is 1.68. The molecule has 0 saturated heterocycles. The number of benzene rings is 1. The fourth-order valence-electron chi connectivity index (χ4n) is 1.47. The van der Waals surface area contributed by atoms with E-state index in [0.29, 0.717) is 11.3 Å². The summed E-state index contributed by atoms with van der Waals surface area (Å²) in [6.07, 6.45) is 0.767. The van der Waals surface area contributed by atoms with Gasteiger partial charge in [0.15, 0.2) is 0 Å². The normalized spacial score (nSPS) is 10.1. The average Bonchev–Trinajstić information content (AvgIpc) is 2.36. The summed E-state index contributed by atoms with van der Waals surface area (Å²) in [4.78, 5) is 24.7. The van der Waals surface area contributed by atoms with E-state index in [1.54, 1.807) is 31.3 Å². The first-order valence-corrected chi connectivity index (χ1v) is 5.39. The van der Waals surface area contributed by atoms with Crippen LogP contribution < -0.4 is 4.90 Å². The smallest absolute Gasteiger partial charge is 0.229 e. The van der Waals surface area contributed by atoms with Gasteiger partial charge in [0.2, 0.25) is 11.7 Å². The summed E-state index contributed by atoms with van der Waals surface area (Å²) in [5, 5.41) is 6.92. The molecule has 0 fully saturated rings. The number of nitrogens with one attached hydrogen (secondary N) is 1. The highest BCUT2D eigenvalue weighted by Gasteiger charge is 2.15. The second-order valence-electron chi connectivity index (χ2n) is 4.11. The van der Waals surface area contributed by atoms with Gasteiger partial charge in [-0.1, -0.05) is 26.0 Å². The van der Waals surface area contributed by atoms with E-state index in [1.165, 1.54) is 4.90 Å². The number of nitrogens with zero attached hydrogens (tertiary/aromatic N) is 1. The quantitative estimate of drug-likeness (QED) is 0.638.